The molecule has 2 heterocycles. The van der Waals surface area contributed by atoms with Crippen LogP contribution in [-0.4, -0.2) is 23.9 Å². The third kappa shape index (κ3) is 8.51. The summed E-state index contributed by atoms with van der Waals surface area (Å²) < 4.78 is 14.7. The summed E-state index contributed by atoms with van der Waals surface area (Å²) in [6.45, 7) is 8.56. The summed E-state index contributed by atoms with van der Waals surface area (Å²) in [7, 11) is 0. The fraction of sp³-hybridized carbons (Fsp3) is 0.224. The van der Waals surface area contributed by atoms with Gasteiger partial charge in [0.25, 0.3) is 0 Å². The molecule has 0 aliphatic carbocycles. The number of hydrogen-bond acceptors (Lipinski definition) is 4. The minimum Gasteiger partial charge on any atom is -1.00 e. The molecule has 0 fully saturated rings. The molecular formula is C49H46Br2N2NiO2. The summed E-state index contributed by atoms with van der Waals surface area (Å²) in [5, 5.41) is 0. The first-order valence-electron chi connectivity index (χ1n) is 18.7. The van der Waals surface area contributed by atoms with E-state index in [2.05, 4.69) is 185 Å². The molecule has 0 unspecified atom stereocenters. The first kappa shape index (κ1) is 42.8. The Bertz CT molecular complexity index is 2060. The van der Waals surface area contributed by atoms with E-state index in [1.54, 1.807) is 0 Å². The van der Waals surface area contributed by atoms with Crippen molar-refractivity contribution in [2.75, 3.05) is 0 Å². The zero-order chi connectivity index (χ0) is 36.4. The second-order valence-electron chi connectivity index (χ2n) is 14.8. The minimum atomic E-state index is -0.837. The molecule has 0 radical (unpaired) electrons. The molecule has 0 N–H and O–H groups in total. The van der Waals surface area contributed by atoms with Crippen LogP contribution in [0.25, 0.3) is 0 Å². The molecule has 4 nitrogen and oxygen atoms in total. The van der Waals surface area contributed by atoms with Crippen molar-refractivity contribution >= 4 is 11.8 Å². The van der Waals surface area contributed by atoms with E-state index in [-0.39, 0.29) is 62.5 Å². The minimum absolute atomic E-state index is 0. The predicted octanol–water partition coefficient (Wildman–Crippen LogP) is 4.58. The van der Waals surface area contributed by atoms with Crippen LogP contribution >= 0.6 is 0 Å². The molecule has 6 aromatic rings. The summed E-state index contributed by atoms with van der Waals surface area (Å²) in [6.07, 6.45) is 1.77. The van der Waals surface area contributed by atoms with E-state index < -0.39 is 11.2 Å². The normalized spacial score (nSPS) is 17.5. The van der Waals surface area contributed by atoms with Gasteiger partial charge in [0, 0.05) is 22.3 Å². The summed E-state index contributed by atoms with van der Waals surface area (Å²) in [4.78, 5) is 11.0. The molecule has 0 spiro atoms. The van der Waals surface area contributed by atoms with Crippen LogP contribution in [0.5, 0.6) is 0 Å². The molecule has 7 heteroatoms. The van der Waals surface area contributed by atoms with Crippen molar-refractivity contribution in [1.29, 1.82) is 0 Å². The molecule has 0 saturated heterocycles. The van der Waals surface area contributed by atoms with Gasteiger partial charge in [0.1, 0.15) is 12.1 Å². The van der Waals surface area contributed by atoms with Crippen molar-refractivity contribution in [2.24, 2.45) is 9.98 Å². The monoisotopic (exact) mass is 910 g/mol. The van der Waals surface area contributed by atoms with Gasteiger partial charge in [-0.15, -0.1) is 0 Å². The Balaban J connectivity index is 0.00000200. The van der Waals surface area contributed by atoms with E-state index in [9.17, 15) is 0 Å². The van der Waals surface area contributed by atoms with Crippen LogP contribution in [0.4, 0.5) is 0 Å². The summed E-state index contributed by atoms with van der Waals surface area (Å²) in [5.74, 6) is 1.27. The second-order valence-corrected chi connectivity index (χ2v) is 14.8. The van der Waals surface area contributed by atoms with Gasteiger partial charge in [-0.2, -0.15) is 0 Å². The number of ether oxygens (including phenoxy) is 2. The molecule has 0 amide bonds. The van der Waals surface area contributed by atoms with Crippen LogP contribution < -0.4 is 34.0 Å². The number of benzene rings is 6. The van der Waals surface area contributed by atoms with Gasteiger partial charge < -0.3 is 43.4 Å². The van der Waals surface area contributed by atoms with Crippen LogP contribution in [0.15, 0.2) is 168 Å². The van der Waals surface area contributed by atoms with Gasteiger partial charge in [-0.1, -0.05) is 180 Å². The predicted molar refractivity (Wildman–Crippen MR) is 216 cm³/mol. The van der Waals surface area contributed by atoms with Gasteiger partial charge in [0.2, 0.25) is 0 Å². The number of aryl methyl sites for hydroxylation is 4. The quantitative estimate of drug-likeness (QED) is 0.189. The smallest absolute Gasteiger partial charge is 1.00 e. The third-order valence-electron chi connectivity index (χ3n) is 10.7. The van der Waals surface area contributed by atoms with Crippen LogP contribution in [0.3, 0.4) is 0 Å². The number of halogens is 2. The Kier molecular flexibility index (Phi) is 14.0. The van der Waals surface area contributed by atoms with E-state index in [0.717, 1.165) is 22.3 Å². The summed E-state index contributed by atoms with van der Waals surface area (Å²) in [5.41, 5.74) is 9.83. The van der Waals surface area contributed by atoms with Crippen molar-refractivity contribution in [3.63, 3.8) is 0 Å². The van der Waals surface area contributed by atoms with Crippen LogP contribution in [-0.2, 0) is 50.0 Å². The van der Waals surface area contributed by atoms with Crippen molar-refractivity contribution in [2.45, 2.75) is 70.2 Å². The van der Waals surface area contributed by atoms with Gasteiger partial charge in [0.05, 0.1) is 6.42 Å². The SMILES string of the molecule is Cc1cccc(C2(c3cccc(C)c3)OC(CC3=N[C@H](Cc4ccccc4)C(c4cccc(C)c4)(c4cccc(C)c4)O3)=N[C@@H]2Cc2ccccc2)c1.[Br-].[Br-].[Ni+2]. The van der Waals surface area contributed by atoms with Gasteiger partial charge in [0.15, 0.2) is 23.0 Å². The third-order valence-corrected chi connectivity index (χ3v) is 10.7. The Hall–Kier alpha value is -4.29. The van der Waals surface area contributed by atoms with Crippen LogP contribution in [0, 0.1) is 27.7 Å². The molecule has 6 aromatic carbocycles. The van der Waals surface area contributed by atoms with E-state index in [1.807, 2.05) is 0 Å². The first-order chi connectivity index (χ1) is 25.8. The maximum atomic E-state index is 7.34. The van der Waals surface area contributed by atoms with Gasteiger partial charge >= 0.3 is 16.5 Å². The molecule has 56 heavy (non-hydrogen) atoms. The molecule has 0 bridgehead atoms. The number of rotatable bonds is 10. The van der Waals surface area contributed by atoms with Crippen molar-refractivity contribution in [1.82, 2.24) is 0 Å². The summed E-state index contributed by atoms with van der Waals surface area (Å²) in [6, 6.07) is 55.6. The van der Waals surface area contributed by atoms with E-state index in [0.29, 0.717) is 31.1 Å². The Morgan fingerprint density at radius 1 is 0.429 bits per heavy atom. The molecule has 0 aromatic heterocycles. The largest absolute Gasteiger partial charge is 2.00 e. The number of nitrogens with zero attached hydrogens (tertiary/aromatic N) is 2. The zero-order valence-electron chi connectivity index (χ0n) is 32.1. The average Bonchev–Trinajstić information content (AvgIpc) is 3.71. The van der Waals surface area contributed by atoms with Gasteiger partial charge in [-0.25, -0.2) is 9.98 Å². The van der Waals surface area contributed by atoms with Gasteiger partial charge in [-0.3, -0.25) is 0 Å². The second kappa shape index (κ2) is 18.3. The zero-order valence-corrected chi connectivity index (χ0v) is 36.2. The molecule has 288 valence electrons. The van der Waals surface area contributed by atoms with Crippen LogP contribution in [0.2, 0.25) is 0 Å². The Morgan fingerprint density at radius 3 is 1.02 bits per heavy atom. The molecule has 2 atom stereocenters. The molecule has 8 rings (SSSR count). The maximum Gasteiger partial charge on any atom is 2.00 e. The fourth-order valence-corrected chi connectivity index (χ4v) is 8.28. The number of hydrogen-bond donors (Lipinski definition) is 0. The van der Waals surface area contributed by atoms with E-state index >= 15 is 0 Å². The summed E-state index contributed by atoms with van der Waals surface area (Å²) >= 11 is 0. The van der Waals surface area contributed by atoms with Crippen molar-refractivity contribution in [3.8, 4) is 0 Å². The topological polar surface area (TPSA) is 43.2 Å². The maximum absolute atomic E-state index is 7.34. The molecular weight excluding hydrogens is 867 g/mol. The average molecular weight is 913 g/mol. The van der Waals surface area contributed by atoms with Gasteiger partial charge in [-0.05, 0) is 51.7 Å². The molecule has 2 aliphatic heterocycles. The fourth-order valence-electron chi connectivity index (χ4n) is 8.28. The Morgan fingerprint density at radius 2 is 0.732 bits per heavy atom. The first-order valence-corrected chi connectivity index (χ1v) is 18.7. The van der Waals surface area contributed by atoms with Crippen LogP contribution in [0.1, 0.15) is 62.1 Å². The van der Waals surface area contributed by atoms with E-state index in [4.69, 9.17) is 19.5 Å². The van der Waals surface area contributed by atoms with E-state index in [1.165, 1.54) is 33.4 Å². The van der Waals surface area contributed by atoms with Crippen molar-refractivity contribution < 1.29 is 59.9 Å². The molecule has 0 saturated carbocycles. The standard InChI is InChI=1S/C49H46N2O2.2BrH.Ni/c1-34-15-11-23-40(27-34)48(41-24-12-16-35(2)28-41)44(31-38-19-7-5-8-20-38)50-46(52-48)33-47-51-45(32-39-21-9-6-10-22-39)49(53-47,42-25-13-17-36(3)29-42)43-26-14-18-37(4)30-43;;;/h5-30,44-45H,31-33H2,1-4H3;2*1H;/q;;;+2/p-2/t44-,45-;;;/m1.../s1. The number of aliphatic imine (C=N–C) groups is 2. The Labute approximate surface area is 363 Å². The van der Waals surface area contributed by atoms with Crippen molar-refractivity contribution in [3.05, 3.63) is 213 Å². The molecule has 2 aliphatic rings.